The van der Waals surface area contributed by atoms with Crippen molar-refractivity contribution in [1.29, 1.82) is 0 Å². The van der Waals surface area contributed by atoms with Gasteiger partial charge in [-0.1, -0.05) is 0 Å². The molecule has 0 spiro atoms. The third-order valence-corrected chi connectivity index (χ3v) is 2.46. The number of aromatic carboxylic acids is 1. The highest BCUT2D eigenvalue weighted by molar-refractivity contribution is 5.85. The molecule has 0 bridgehead atoms. The van der Waals surface area contributed by atoms with Crippen LogP contribution >= 0.6 is 0 Å². The number of hydrogen-bond donors (Lipinski definition) is 1. The van der Waals surface area contributed by atoms with Crippen LogP contribution in [0.3, 0.4) is 0 Å². The van der Waals surface area contributed by atoms with E-state index in [0.29, 0.717) is 18.3 Å². The lowest BCUT2D eigenvalue weighted by Crippen LogP contribution is -2.12. The van der Waals surface area contributed by atoms with E-state index < -0.39 is 5.97 Å². The van der Waals surface area contributed by atoms with Crippen molar-refractivity contribution >= 4 is 5.97 Å². The first kappa shape index (κ1) is 10.9. The minimum atomic E-state index is -1.05. The molecule has 1 aliphatic heterocycles. The van der Waals surface area contributed by atoms with E-state index in [1.807, 2.05) is 0 Å². The molecule has 1 N–H and O–H groups in total. The lowest BCUT2D eigenvalue weighted by molar-refractivity contribution is 0.0689. The first-order valence-corrected chi connectivity index (χ1v) is 5.15. The first-order valence-electron chi connectivity index (χ1n) is 5.15. The summed E-state index contributed by atoms with van der Waals surface area (Å²) in [6, 6.07) is 3.08. The molecule has 0 amide bonds. The normalized spacial score (nSPS) is 19.6. The molecule has 0 radical (unpaired) electrons. The fourth-order valence-electron chi connectivity index (χ4n) is 1.55. The molecule has 0 aromatic carbocycles. The van der Waals surface area contributed by atoms with Gasteiger partial charge in [0.15, 0.2) is 5.69 Å². The average molecular weight is 223 g/mol. The number of carboxylic acids is 1. The van der Waals surface area contributed by atoms with E-state index in [4.69, 9.17) is 14.6 Å². The summed E-state index contributed by atoms with van der Waals surface area (Å²) in [4.78, 5) is 14.4. The number of rotatable bonds is 4. The summed E-state index contributed by atoms with van der Waals surface area (Å²) < 4.78 is 10.7. The molecular formula is C11H13NO4. The molecular weight excluding hydrogens is 210 g/mol. The number of pyridine rings is 1. The summed E-state index contributed by atoms with van der Waals surface area (Å²) in [5, 5.41) is 8.75. The monoisotopic (exact) mass is 223 g/mol. The Morgan fingerprint density at radius 2 is 2.56 bits per heavy atom. The zero-order valence-electron chi connectivity index (χ0n) is 8.76. The van der Waals surface area contributed by atoms with Gasteiger partial charge < -0.3 is 14.6 Å². The zero-order chi connectivity index (χ0) is 11.4. The van der Waals surface area contributed by atoms with E-state index in [1.165, 1.54) is 12.3 Å². The Bertz CT molecular complexity index is 374. The molecule has 1 saturated heterocycles. The molecule has 1 aliphatic rings. The van der Waals surface area contributed by atoms with Crippen molar-refractivity contribution in [3.63, 3.8) is 0 Å². The second-order valence-electron chi connectivity index (χ2n) is 3.72. The molecule has 86 valence electrons. The summed E-state index contributed by atoms with van der Waals surface area (Å²) >= 11 is 0. The molecule has 5 heteroatoms. The van der Waals surface area contributed by atoms with E-state index in [9.17, 15) is 4.79 Å². The van der Waals surface area contributed by atoms with Crippen molar-refractivity contribution < 1.29 is 19.4 Å². The van der Waals surface area contributed by atoms with Crippen LogP contribution in [0, 0.1) is 5.92 Å². The van der Waals surface area contributed by atoms with Crippen LogP contribution in [0.1, 0.15) is 16.9 Å². The molecule has 1 fully saturated rings. The van der Waals surface area contributed by atoms with Crippen LogP contribution in [0.15, 0.2) is 18.3 Å². The summed E-state index contributed by atoms with van der Waals surface area (Å²) in [5.41, 5.74) is 0.000159. The predicted molar refractivity (Wildman–Crippen MR) is 55.6 cm³/mol. The average Bonchev–Trinajstić information content (AvgIpc) is 2.79. The van der Waals surface area contributed by atoms with E-state index >= 15 is 0 Å². The third kappa shape index (κ3) is 2.70. The minimum absolute atomic E-state index is 0.000159. The lowest BCUT2D eigenvalue weighted by Gasteiger charge is -2.10. The summed E-state index contributed by atoms with van der Waals surface area (Å²) in [7, 11) is 0. The van der Waals surface area contributed by atoms with E-state index in [-0.39, 0.29) is 5.69 Å². The maximum absolute atomic E-state index is 10.7. The van der Waals surface area contributed by atoms with Gasteiger partial charge in [0.25, 0.3) is 0 Å². The van der Waals surface area contributed by atoms with E-state index in [2.05, 4.69) is 4.98 Å². The molecule has 2 rings (SSSR count). The molecule has 1 unspecified atom stereocenters. The molecule has 0 saturated carbocycles. The second-order valence-corrected chi connectivity index (χ2v) is 3.72. The van der Waals surface area contributed by atoms with Crippen molar-refractivity contribution in [3.05, 3.63) is 24.0 Å². The quantitative estimate of drug-likeness (QED) is 0.830. The van der Waals surface area contributed by atoms with Gasteiger partial charge >= 0.3 is 5.97 Å². The van der Waals surface area contributed by atoms with Gasteiger partial charge in [-0.25, -0.2) is 9.78 Å². The number of nitrogens with zero attached hydrogens (tertiary/aromatic N) is 1. The molecule has 2 heterocycles. The van der Waals surface area contributed by atoms with Crippen molar-refractivity contribution in [2.45, 2.75) is 6.42 Å². The van der Waals surface area contributed by atoms with E-state index in [1.54, 1.807) is 6.07 Å². The van der Waals surface area contributed by atoms with Gasteiger partial charge in [-0.3, -0.25) is 0 Å². The highest BCUT2D eigenvalue weighted by Crippen LogP contribution is 2.16. The van der Waals surface area contributed by atoms with Crippen LogP contribution in [0.4, 0.5) is 0 Å². The molecule has 1 aromatic rings. The van der Waals surface area contributed by atoms with Crippen LogP contribution in [-0.2, 0) is 4.74 Å². The van der Waals surface area contributed by atoms with Gasteiger partial charge in [-0.05, 0) is 12.5 Å². The fourth-order valence-corrected chi connectivity index (χ4v) is 1.55. The van der Waals surface area contributed by atoms with E-state index in [0.717, 1.165) is 19.6 Å². The summed E-state index contributed by atoms with van der Waals surface area (Å²) in [5.74, 6) is -0.101. The number of carbonyl (C=O) groups is 1. The number of carboxylic acid groups (broad SMARTS) is 1. The van der Waals surface area contributed by atoms with Crippen molar-refractivity contribution in [3.8, 4) is 5.75 Å². The van der Waals surface area contributed by atoms with Crippen LogP contribution in [0.25, 0.3) is 0 Å². The van der Waals surface area contributed by atoms with Crippen LogP contribution in [-0.4, -0.2) is 35.9 Å². The summed E-state index contributed by atoms with van der Waals surface area (Å²) in [6.07, 6.45) is 2.43. The van der Waals surface area contributed by atoms with Gasteiger partial charge in [0, 0.05) is 24.8 Å². The second kappa shape index (κ2) is 4.94. The topological polar surface area (TPSA) is 68.7 Å². The molecule has 1 atom stereocenters. The highest BCUT2D eigenvalue weighted by atomic mass is 16.5. The molecule has 0 aliphatic carbocycles. The number of hydrogen-bond acceptors (Lipinski definition) is 4. The fraction of sp³-hybridized carbons (Fsp3) is 0.455. The van der Waals surface area contributed by atoms with Crippen molar-refractivity contribution in [2.24, 2.45) is 5.92 Å². The van der Waals surface area contributed by atoms with Gasteiger partial charge in [0.1, 0.15) is 5.75 Å². The predicted octanol–water partition coefficient (Wildman–Crippen LogP) is 1.20. The van der Waals surface area contributed by atoms with Gasteiger partial charge in [-0.2, -0.15) is 0 Å². The first-order chi connectivity index (χ1) is 7.75. The molecule has 5 nitrogen and oxygen atoms in total. The SMILES string of the molecule is O=C(O)c1cc(OCC2CCOC2)ccn1. The standard InChI is InChI=1S/C11H13NO4/c13-11(14)10-5-9(1-3-12-10)16-7-8-2-4-15-6-8/h1,3,5,8H,2,4,6-7H2,(H,13,14). The van der Waals surface area contributed by atoms with Gasteiger partial charge in [0.2, 0.25) is 0 Å². The van der Waals surface area contributed by atoms with Crippen LogP contribution in [0.5, 0.6) is 5.75 Å². The Hall–Kier alpha value is -1.62. The zero-order valence-corrected chi connectivity index (χ0v) is 8.76. The Morgan fingerprint density at radius 1 is 1.69 bits per heavy atom. The Morgan fingerprint density at radius 3 is 3.25 bits per heavy atom. The molecule has 16 heavy (non-hydrogen) atoms. The largest absolute Gasteiger partial charge is 0.493 e. The van der Waals surface area contributed by atoms with Gasteiger partial charge in [-0.15, -0.1) is 0 Å². The smallest absolute Gasteiger partial charge is 0.354 e. The lowest BCUT2D eigenvalue weighted by atomic mass is 10.1. The van der Waals surface area contributed by atoms with Gasteiger partial charge in [0.05, 0.1) is 13.2 Å². The maximum Gasteiger partial charge on any atom is 0.354 e. The van der Waals surface area contributed by atoms with Crippen LogP contribution in [0.2, 0.25) is 0 Å². The van der Waals surface area contributed by atoms with Crippen molar-refractivity contribution in [2.75, 3.05) is 19.8 Å². The number of ether oxygens (including phenoxy) is 2. The Labute approximate surface area is 93.0 Å². The van der Waals surface area contributed by atoms with Crippen LogP contribution < -0.4 is 4.74 Å². The molecule has 1 aromatic heterocycles. The third-order valence-electron chi connectivity index (χ3n) is 2.46. The van der Waals surface area contributed by atoms with Crippen molar-refractivity contribution in [1.82, 2.24) is 4.98 Å². The Balaban J connectivity index is 1.93. The summed E-state index contributed by atoms with van der Waals surface area (Å²) in [6.45, 7) is 2.06. The Kier molecular flexibility index (Phi) is 3.36. The number of aromatic nitrogens is 1. The maximum atomic E-state index is 10.7. The minimum Gasteiger partial charge on any atom is -0.493 e. The highest BCUT2D eigenvalue weighted by Gasteiger charge is 2.16.